The second-order valence-corrected chi connectivity index (χ2v) is 18.3. The number of halogens is 2. The van der Waals surface area contributed by atoms with Crippen molar-refractivity contribution in [1.82, 2.24) is 0 Å². The molecule has 0 bridgehead atoms. The van der Waals surface area contributed by atoms with E-state index in [1.54, 1.807) is 6.92 Å². The summed E-state index contributed by atoms with van der Waals surface area (Å²) in [4.78, 5) is 34.2. The third-order valence-corrected chi connectivity index (χ3v) is 15.4. The molecule has 1 aromatic carbocycles. The van der Waals surface area contributed by atoms with Crippen molar-refractivity contribution >= 4 is 78.7 Å². The second-order valence-electron chi connectivity index (χ2n) is 17.5. The minimum atomic E-state index is -1.67. The summed E-state index contributed by atoms with van der Waals surface area (Å²) in [5, 5.41) is 98.1. The number of aliphatic hydroxyl groups is 8. The normalized spacial score (nSPS) is 41.4. The van der Waals surface area contributed by atoms with Crippen molar-refractivity contribution in [2.24, 2.45) is 28.6 Å². The third-order valence-electron chi connectivity index (χ3n) is 14.6. The number of ketones is 1. The van der Waals surface area contributed by atoms with Crippen molar-refractivity contribution in [3.63, 3.8) is 0 Å². The molecule has 4 saturated carbocycles. The molecule has 1 saturated heterocycles. The fourth-order valence-electron chi connectivity index (χ4n) is 11.4. The van der Waals surface area contributed by atoms with E-state index in [1.807, 2.05) is 6.92 Å². The van der Waals surface area contributed by atoms with Crippen LogP contribution in [0.3, 0.4) is 0 Å². The minimum absolute atomic E-state index is 0. The van der Waals surface area contributed by atoms with Crippen LogP contribution in [0.25, 0.3) is 0 Å². The van der Waals surface area contributed by atoms with Gasteiger partial charge in [-0.15, -0.1) is 0 Å². The van der Waals surface area contributed by atoms with Crippen molar-refractivity contribution < 1.29 is 79.3 Å². The van der Waals surface area contributed by atoms with Crippen LogP contribution in [0.2, 0.25) is 10.0 Å². The number of aliphatic hydroxyl groups excluding tert-OH is 6. The van der Waals surface area contributed by atoms with Gasteiger partial charge in [-0.3, -0.25) is 4.79 Å². The molecule has 0 amide bonds. The van der Waals surface area contributed by atoms with Gasteiger partial charge in [0.15, 0.2) is 18.7 Å². The van der Waals surface area contributed by atoms with Crippen molar-refractivity contribution in [1.29, 1.82) is 0 Å². The van der Waals surface area contributed by atoms with Crippen molar-refractivity contribution in [3.05, 3.63) is 51.5 Å². The van der Waals surface area contributed by atoms with Crippen LogP contribution >= 0.6 is 23.2 Å². The Hall–Kier alpha value is -1.45. The second kappa shape index (κ2) is 19.2. The summed E-state index contributed by atoms with van der Waals surface area (Å²) < 4.78 is 21.6. The van der Waals surface area contributed by atoms with Crippen LogP contribution in [-0.2, 0) is 23.8 Å². The summed E-state index contributed by atoms with van der Waals surface area (Å²) in [5.41, 5.74) is -3.82. The van der Waals surface area contributed by atoms with Gasteiger partial charge in [0.1, 0.15) is 35.7 Å². The van der Waals surface area contributed by atoms with Crippen LogP contribution in [0.5, 0.6) is 5.75 Å². The van der Waals surface area contributed by atoms with Crippen LogP contribution in [0, 0.1) is 28.6 Å². The molecule has 0 spiro atoms. The Kier molecular flexibility index (Phi) is 15.9. The van der Waals surface area contributed by atoms with Gasteiger partial charge in [0.2, 0.25) is 0 Å². The number of carbonyl (C=O) groups is 3. The zero-order valence-electron chi connectivity index (χ0n) is 33.7. The number of Topliss-reactive ketones (excluding diaryl/α,β-unsaturated/α-hetero) is 1. The first-order valence-electron chi connectivity index (χ1n) is 20.3. The summed E-state index contributed by atoms with van der Waals surface area (Å²) in [6.45, 7) is 7.91. The van der Waals surface area contributed by atoms with Gasteiger partial charge in [-0.2, -0.15) is 0 Å². The van der Waals surface area contributed by atoms with Gasteiger partial charge >= 0.3 is 49.7 Å². The molecule has 2 heterocycles. The third kappa shape index (κ3) is 8.72. The molecule has 19 heteroatoms. The number of esters is 1. The molecule has 0 aromatic heterocycles. The number of carboxylic acids is 1. The van der Waals surface area contributed by atoms with Gasteiger partial charge in [0.25, 0.3) is 0 Å². The Morgan fingerprint density at radius 2 is 1.69 bits per heavy atom. The quantitative estimate of drug-likeness (QED) is 0.0524. The maximum absolute atomic E-state index is 12.4. The van der Waals surface area contributed by atoms with E-state index in [0.717, 1.165) is 5.57 Å². The molecule has 9 N–H and O–H groups in total. The Labute approximate surface area is 393 Å². The SMILES string of the molecule is C=C(CC)C(=O)c1ccc(OCC(=O)O)c(Cl)c1Cl.C[C@@H]1O[C@@H](O[C@H]2C[C@@H](O)[C@]3(CO)[C@H]4[C@H](O)C[C@]5(C)[C@@H](C6=CC(=O)OC6)CC[C@]5(O)[C@@H]4CC[C@]3(O)C2)[C@H](O)[C@H](O)[C@H]1O.[CaH2]. The molecule has 6 aliphatic rings. The Morgan fingerprint density at radius 1 is 1.00 bits per heavy atom. The molecular formula is C42H58CaCl2O16. The first kappa shape index (κ1) is 50.5. The summed E-state index contributed by atoms with van der Waals surface area (Å²) >= 11 is 11.9. The van der Waals surface area contributed by atoms with Gasteiger partial charge in [0, 0.05) is 35.8 Å². The van der Waals surface area contributed by atoms with E-state index in [4.69, 9.17) is 47.3 Å². The van der Waals surface area contributed by atoms with E-state index in [2.05, 4.69) is 6.58 Å². The standard InChI is InChI=1S/C29H44O12.C13H12Cl2O4.Ca.2H/c1-13-22(34)23(35)24(36)25(40-13)41-15-8-19(32)28(12-30)21-17(3-5-27(28,37)9-15)29(38)6-4-16(14-7-20(33)39-11-14)26(29,2)10-18(21)31;1-3-7(2)13(18)8-4-5-9(12(15)11(8)14)19-6-10(16)17;;;/h7,13,15-19,21-25,30-32,34-38H,3-6,8-12H2,1-2H3;4-5H,2-3,6H2,1H3,(H,16,17);;;/t13-,15-,16+,17+,18+,19+,21+,22-,23+,24+,25-,26+,27-,28+,29-;;;;/m0..../s1. The van der Waals surface area contributed by atoms with Crippen LogP contribution in [0.4, 0.5) is 0 Å². The number of fused-ring (bicyclic) bond motifs is 5. The molecule has 2 aliphatic heterocycles. The summed E-state index contributed by atoms with van der Waals surface area (Å²) in [6, 6.07) is 2.85. The van der Waals surface area contributed by atoms with E-state index in [1.165, 1.54) is 25.1 Å². The van der Waals surface area contributed by atoms with Crippen LogP contribution in [-0.4, -0.2) is 181 Å². The summed E-state index contributed by atoms with van der Waals surface area (Å²) in [6.07, 6.45) is -6.18. The summed E-state index contributed by atoms with van der Waals surface area (Å²) in [7, 11) is 0. The number of aliphatic carboxylic acids is 1. The zero-order valence-corrected chi connectivity index (χ0v) is 35.2. The average Bonchev–Trinajstić information content (AvgIpc) is 3.74. The number of allylic oxidation sites excluding steroid dienone is 1. The van der Waals surface area contributed by atoms with Crippen LogP contribution in [0.1, 0.15) is 82.5 Å². The van der Waals surface area contributed by atoms with Crippen molar-refractivity contribution in [2.75, 3.05) is 19.8 Å². The van der Waals surface area contributed by atoms with Gasteiger partial charge in [-0.05, 0) is 80.6 Å². The van der Waals surface area contributed by atoms with E-state index in [9.17, 15) is 55.2 Å². The molecule has 15 atom stereocenters. The van der Waals surface area contributed by atoms with Crippen LogP contribution < -0.4 is 4.74 Å². The molecule has 16 nitrogen and oxygen atoms in total. The molecule has 4 aliphatic carbocycles. The number of carboxylic acid groups (broad SMARTS) is 1. The number of ether oxygens (including phenoxy) is 4. The molecule has 338 valence electrons. The number of cyclic esters (lactones) is 1. The Bertz CT molecular complexity index is 1880. The van der Waals surface area contributed by atoms with Crippen molar-refractivity contribution in [2.45, 2.75) is 132 Å². The molecule has 0 unspecified atom stereocenters. The predicted octanol–water partition coefficient (Wildman–Crippen LogP) is 1.17. The fourth-order valence-corrected chi connectivity index (χ4v) is 11.9. The fraction of sp³-hybridized carbons (Fsp3) is 0.690. The van der Waals surface area contributed by atoms with Gasteiger partial charge in [0.05, 0.1) is 52.7 Å². The van der Waals surface area contributed by atoms with Gasteiger partial charge in [-0.25, -0.2) is 9.59 Å². The van der Waals surface area contributed by atoms with Crippen molar-refractivity contribution in [3.8, 4) is 5.75 Å². The average molecular weight is 930 g/mol. The predicted molar refractivity (Wildman–Crippen MR) is 220 cm³/mol. The zero-order chi connectivity index (χ0) is 44.3. The first-order valence-corrected chi connectivity index (χ1v) is 21.1. The van der Waals surface area contributed by atoms with E-state index < -0.39 is 108 Å². The van der Waals surface area contributed by atoms with Gasteiger partial charge in [-0.1, -0.05) is 43.6 Å². The number of rotatable bonds is 10. The number of hydrogen-bond donors (Lipinski definition) is 9. The van der Waals surface area contributed by atoms with Crippen LogP contribution in [0.15, 0.2) is 35.9 Å². The number of hydrogen-bond acceptors (Lipinski definition) is 15. The van der Waals surface area contributed by atoms with E-state index >= 15 is 0 Å². The monoisotopic (exact) mass is 928 g/mol. The topological polar surface area (TPSA) is 270 Å². The maximum atomic E-state index is 12.4. The molecule has 5 fully saturated rings. The molecule has 7 rings (SSSR count). The van der Waals surface area contributed by atoms with E-state index in [0.29, 0.717) is 31.3 Å². The number of benzene rings is 1. The first-order chi connectivity index (χ1) is 28.1. The Morgan fingerprint density at radius 3 is 2.30 bits per heavy atom. The molecule has 1 aromatic rings. The van der Waals surface area contributed by atoms with E-state index in [-0.39, 0.29) is 103 Å². The number of carbonyl (C=O) groups excluding carboxylic acids is 2. The molecule has 61 heavy (non-hydrogen) atoms. The Balaban J connectivity index is 0.000000298. The summed E-state index contributed by atoms with van der Waals surface area (Å²) in [5.74, 6) is -3.24. The molecular weight excluding hydrogens is 871 g/mol. The molecule has 0 radical (unpaired) electrons. The van der Waals surface area contributed by atoms with Gasteiger partial charge < -0.3 is 64.9 Å².